The Morgan fingerprint density at radius 2 is 2.00 bits per heavy atom. The minimum absolute atomic E-state index is 0.108. The summed E-state index contributed by atoms with van der Waals surface area (Å²) in [6, 6.07) is 8.05. The van der Waals surface area contributed by atoms with E-state index in [1.54, 1.807) is 0 Å². The van der Waals surface area contributed by atoms with Crippen LogP contribution < -0.4 is 4.90 Å². The summed E-state index contributed by atoms with van der Waals surface area (Å²) in [7, 11) is 0. The second kappa shape index (κ2) is 5.36. The Balaban J connectivity index is 1.63. The van der Waals surface area contributed by atoms with E-state index in [1.807, 2.05) is 22.8 Å². The minimum atomic E-state index is -0.266. The quantitative estimate of drug-likeness (QED) is 0.842. The maximum atomic E-state index is 13.2. The summed E-state index contributed by atoms with van der Waals surface area (Å²) in [5, 5.41) is 0. The molecule has 122 valence electrons. The molecule has 2 aliphatic heterocycles. The Hall–Kier alpha value is -1.84. The fourth-order valence-electron chi connectivity index (χ4n) is 4.28. The van der Waals surface area contributed by atoms with Crippen molar-refractivity contribution in [2.45, 2.75) is 56.9 Å². The molecule has 1 aromatic carbocycles. The third-order valence-corrected chi connectivity index (χ3v) is 5.76. The molecule has 0 N–H and O–H groups in total. The zero-order valence-electron chi connectivity index (χ0n) is 13.8. The molecule has 1 saturated carbocycles. The minimum Gasteiger partial charge on any atom is -0.331 e. The molecule has 3 aliphatic rings. The first-order valence-electron chi connectivity index (χ1n) is 8.87. The van der Waals surface area contributed by atoms with Crippen LogP contribution in [0.1, 0.15) is 51.0 Å². The van der Waals surface area contributed by atoms with Crippen LogP contribution in [0.2, 0.25) is 0 Å². The molecule has 23 heavy (non-hydrogen) atoms. The molecule has 4 rings (SSSR count). The van der Waals surface area contributed by atoms with Gasteiger partial charge in [0.15, 0.2) is 0 Å². The van der Waals surface area contributed by atoms with Crippen molar-refractivity contribution in [3.63, 3.8) is 0 Å². The predicted molar refractivity (Wildman–Crippen MR) is 89.4 cm³/mol. The highest BCUT2D eigenvalue weighted by molar-refractivity contribution is 6.01. The van der Waals surface area contributed by atoms with Gasteiger partial charge >= 0.3 is 0 Å². The van der Waals surface area contributed by atoms with Crippen LogP contribution in [0.25, 0.3) is 0 Å². The normalized spacial score (nSPS) is 24.7. The number of piperidine rings is 1. The molecule has 2 heterocycles. The molecule has 0 aromatic heterocycles. The van der Waals surface area contributed by atoms with Gasteiger partial charge in [-0.15, -0.1) is 0 Å². The number of para-hydroxylation sites is 1. The van der Waals surface area contributed by atoms with E-state index in [1.165, 1.54) is 18.4 Å². The van der Waals surface area contributed by atoms with E-state index < -0.39 is 0 Å². The summed E-state index contributed by atoms with van der Waals surface area (Å²) in [6.07, 6.45) is 5.67. The summed E-state index contributed by atoms with van der Waals surface area (Å²) < 4.78 is 0. The maximum Gasteiger partial charge on any atom is 0.249 e. The first-order chi connectivity index (χ1) is 11.2. The van der Waals surface area contributed by atoms with E-state index in [0.717, 1.165) is 38.0 Å². The molecule has 0 radical (unpaired) electrons. The van der Waals surface area contributed by atoms with E-state index >= 15 is 0 Å². The van der Waals surface area contributed by atoms with Crippen molar-refractivity contribution in [3.05, 3.63) is 29.8 Å². The van der Waals surface area contributed by atoms with Gasteiger partial charge in [0, 0.05) is 30.6 Å². The first kappa shape index (κ1) is 14.7. The van der Waals surface area contributed by atoms with Gasteiger partial charge in [-0.3, -0.25) is 9.59 Å². The van der Waals surface area contributed by atoms with E-state index in [-0.39, 0.29) is 23.3 Å². The van der Waals surface area contributed by atoms with Gasteiger partial charge in [-0.1, -0.05) is 25.1 Å². The molecule has 1 atom stereocenters. The fourth-order valence-corrected chi connectivity index (χ4v) is 4.28. The zero-order chi connectivity index (χ0) is 16.0. The van der Waals surface area contributed by atoms with Crippen LogP contribution in [-0.2, 0) is 15.0 Å². The lowest BCUT2D eigenvalue weighted by atomic mass is 9.99. The molecule has 2 fully saturated rings. The van der Waals surface area contributed by atoms with Gasteiger partial charge in [-0.25, -0.2) is 0 Å². The smallest absolute Gasteiger partial charge is 0.249 e. The van der Waals surface area contributed by atoms with Crippen LogP contribution in [0.4, 0.5) is 5.69 Å². The molecular formula is C19H24N2O2. The largest absolute Gasteiger partial charge is 0.331 e. The highest BCUT2D eigenvalue weighted by Crippen LogP contribution is 2.56. The molecule has 1 aliphatic carbocycles. The SMILES string of the molecule is CCC(=O)N1CCCCC1C(=O)N1CC2(CC2)c2ccccc21. The van der Waals surface area contributed by atoms with Crippen molar-refractivity contribution in [2.75, 3.05) is 18.0 Å². The van der Waals surface area contributed by atoms with Gasteiger partial charge in [0.1, 0.15) is 6.04 Å². The third-order valence-electron chi connectivity index (χ3n) is 5.76. The van der Waals surface area contributed by atoms with Gasteiger partial charge in [-0.2, -0.15) is 0 Å². The van der Waals surface area contributed by atoms with Crippen LogP contribution in [0.3, 0.4) is 0 Å². The molecule has 1 spiro atoms. The van der Waals surface area contributed by atoms with E-state index in [4.69, 9.17) is 0 Å². The number of carbonyl (C=O) groups is 2. The lowest BCUT2D eigenvalue weighted by Gasteiger charge is -2.37. The van der Waals surface area contributed by atoms with Crippen LogP contribution in [0.5, 0.6) is 0 Å². The predicted octanol–water partition coefficient (Wildman–Crippen LogP) is 2.86. The summed E-state index contributed by atoms with van der Waals surface area (Å²) in [4.78, 5) is 29.3. The number of nitrogens with zero attached hydrogens (tertiary/aromatic N) is 2. The number of anilines is 1. The summed E-state index contributed by atoms with van der Waals surface area (Å²) >= 11 is 0. The highest BCUT2D eigenvalue weighted by Gasteiger charge is 2.53. The molecule has 1 aromatic rings. The number of fused-ring (bicyclic) bond motifs is 2. The van der Waals surface area contributed by atoms with Crippen LogP contribution in [0.15, 0.2) is 24.3 Å². The lowest BCUT2D eigenvalue weighted by molar-refractivity contribution is -0.140. The standard InChI is InChI=1S/C19H24N2O2/c1-2-17(22)20-12-6-5-9-16(20)18(23)21-13-19(10-11-19)14-7-3-4-8-15(14)21/h3-4,7-8,16H,2,5-6,9-13H2,1H3. The fraction of sp³-hybridized carbons (Fsp3) is 0.579. The average molecular weight is 312 g/mol. The number of hydrogen-bond donors (Lipinski definition) is 0. The van der Waals surface area contributed by atoms with E-state index in [0.29, 0.717) is 6.42 Å². The van der Waals surface area contributed by atoms with Gasteiger partial charge in [0.25, 0.3) is 0 Å². The third kappa shape index (κ3) is 2.27. The van der Waals surface area contributed by atoms with Gasteiger partial charge in [0.05, 0.1) is 0 Å². The monoisotopic (exact) mass is 312 g/mol. The molecule has 4 heteroatoms. The van der Waals surface area contributed by atoms with Crippen LogP contribution >= 0.6 is 0 Å². The number of amides is 2. The second-order valence-electron chi connectivity index (χ2n) is 7.17. The molecule has 1 saturated heterocycles. The van der Waals surface area contributed by atoms with E-state index in [2.05, 4.69) is 18.2 Å². The Bertz CT molecular complexity index is 651. The number of rotatable bonds is 2. The van der Waals surface area contributed by atoms with Gasteiger partial charge in [-0.05, 0) is 43.7 Å². The van der Waals surface area contributed by atoms with Crippen LogP contribution in [-0.4, -0.2) is 35.8 Å². The molecule has 2 amide bonds. The second-order valence-corrected chi connectivity index (χ2v) is 7.17. The summed E-state index contributed by atoms with van der Waals surface area (Å²) in [6.45, 7) is 3.41. The van der Waals surface area contributed by atoms with Gasteiger partial charge in [0.2, 0.25) is 11.8 Å². The first-order valence-corrected chi connectivity index (χ1v) is 8.87. The topological polar surface area (TPSA) is 40.6 Å². The van der Waals surface area contributed by atoms with Crippen molar-refractivity contribution < 1.29 is 9.59 Å². The van der Waals surface area contributed by atoms with Crippen molar-refractivity contribution >= 4 is 17.5 Å². The van der Waals surface area contributed by atoms with Crippen molar-refractivity contribution in [1.29, 1.82) is 0 Å². The highest BCUT2D eigenvalue weighted by atomic mass is 16.2. The maximum absolute atomic E-state index is 13.2. The molecule has 0 bridgehead atoms. The van der Waals surface area contributed by atoms with Crippen molar-refractivity contribution in [1.82, 2.24) is 4.90 Å². The van der Waals surface area contributed by atoms with Crippen LogP contribution in [0, 0.1) is 0 Å². The number of likely N-dealkylation sites (tertiary alicyclic amines) is 1. The number of carbonyl (C=O) groups excluding carboxylic acids is 2. The molecule has 4 nitrogen and oxygen atoms in total. The Morgan fingerprint density at radius 3 is 2.74 bits per heavy atom. The summed E-state index contributed by atoms with van der Waals surface area (Å²) in [5.74, 6) is 0.236. The number of benzene rings is 1. The Kier molecular flexibility index (Phi) is 3.43. The molecule has 1 unspecified atom stereocenters. The Morgan fingerprint density at radius 1 is 1.22 bits per heavy atom. The zero-order valence-corrected chi connectivity index (χ0v) is 13.8. The van der Waals surface area contributed by atoms with Crippen molar-refractivity contribution in [2.24, 2.45) is 0 Å². The van der Waals surface area contributed by atoms with Crippen molar-refractivity contribution in [3.8, 4) is 0 Å². The lowest BCUT2D eigenvalue weighted by Crippen LogP contribution is -2.53. The Labute approximate surface area is 137 Å². The molecular weight excluding hydrogens is 288 g/mol. The summed E-state index contributed by atoms with van der Waals surface area (Å²) in [5.41, 5.74) is 2.61. The van der Waals surface area contributed by atoms with Gasteiger partial charge < -0.3 is 9.80 Å². The average Bonchev–Trinajstić information content (AvgIpc) is 3.31. The van der Waals surface area contributed by atoms with E-state index in [9.17, 15) is 9.59 Å². The number of hydrogen-bond acceptors (Lipinski definition) is 2.